The highest BCUT2D eigenvalue weighted by Gasteiger charge is 2.33. The molecule has 6 rings (SSSR count). The monoisotopic (exact) mass is 717 g/mol. The highest BCUT2D eigenvalue weighted by atomic mass is 79.9. The summed E-state index contributed by atoms with van der Waals surface area (Å²) in [6.07, 6.45) is 1.93. The maximum Gasteiger partial charge on any atom is 0.387 e. The molecule has 0 radical (unpaired) electrons. The molecule has 2 heterocycles. The second-order valence-corrected chi connectivity index (χ2v) is 12.6. The van der Waals surface area contributed by atoms with E-state index in [1.165, 1.54) is 21.3 Å². The summed E-state index contributed by atoms with van der Waals surface area (Å²) in [4.78, 5) is 43.0. The van der Waals surface area contributed by atoms with E-state index >= 15 is 0 Å². The van der Waals surface area contributed by atoms with Crippen molar-refractivity contribution in [2.45, 2.75) is 57.9 Å². The van der Waals surface area contributed by atoms with Crippen LogP contribution in [0.15, 0.2) is 69.9 Å². The van der Waals surface area contributed by atoms with Gasteiger partial charge in [0.2, 0.25) is 0 Å². The molecule has 1 atom stereocenters. The Kier molecular flexibility index (Phi) is 9.02. The minimum atomic E-state index is -3.11. The number of halogens is 5. The van der Waals surface area contributed by atoms with Crippen LogP contribution < -0.4 is 15.2 Å². The van der Waals surface area contributed by atoms with E-state index < -0.39 is 29.8 Å². The summed E-state index contributed by atoms with van der Waals surface area (Å²) < 4.78 is 53.8. The fraction of sp³-hybridized carbons (Fsp3) is 0.303. The number of alkyl halides is 2. The number of imidazole rings is 1. The molecule has 3 aromatic carbocycles. The smallest absolute Gasteiger partial charge is 0.387 e. The first-order chi connectivity index (χ1) is 22.0. The van der Waals surface area contributed by atoms with E-state index in [2.05, 4.69) is 20.7 Å². The largest absolute Gasteiger partial charge is 0.490 e. The molecule has 240 valence electrons. The lowest BCUT2D eigenvalue weighted by Gasteiger charge is -2.28. The number of Topliss-reactive ketones (excluding diaryl/α,β-unsaturated/α-hetero) is 1. The highest BCUT2D eigenvalue weighted by Crippen LogP contribution is 2.31. The number of hydrogen-bond donors (Lipinski definition) is 0. The van der Waals surface area contributed by atoms with Crippen LogP contribution in [0.5, 0.6) is 11.5 Å². The Labute approximate surface area is 275 Å². The minimum Gasteiger partial charge on any atom is -0.490 e. The van der Waals surface area contributed by atoms with E-state index in [-0.39, 0.29) is 55.1 Å². The summed E-state index contributed by atoms with van der Waals surface area (Å²) in [5.74, 6) is -1.95. The molecule has 0 saturated heterocycles. The molecule has 1 aliphatic heterocycles. The number of ketones is 1. The Morgan fingerprint density at radius 3 is 2.39 bits per heavy atom. The Hall–Kier alpha value is -4.03. The number of ether oxygens (including phenoxy) is 2. The Morgan fingerprint density at radius 2 is 1.74 bits per heavy atom. The molecular formula is C33H28BrClF3N3O5. The van der Waals surface area contributed by atoms with Crippen molar-refractivity contribution in [2.24, 2.45) is 0 Å². The summed E-state index contributed by atoms with van der Waals surface area (Å²) in [7, 11) is 0. The summed E-state index contributed by atoms with van der Waals surface area (Å²) in [5.41, 5.74) is 0.901. The number of benzene rings is 3. The molecular weight excluding hydrogens is 691 g/mol. The van der Waals surface area contributed by atoms with Crippen LogP contribution in [0, 0.1) is 5.82 Å². The summed E-state index contributed by atoms with van der Waals surface area (Å²) in [5, 5.41) is 0.367. The van der Waals surface area contributed by atoms with Crippen LogP contribution in [-0.2, 0) is 13.1 Å². The van der Waals surface area contributed by atoms with Gasteiger partial charge in [-0.3, -0.25) is 18.7 Å². The lowest BCUT2D eigenvalue weighted by atomic mass is 9.93. The Morgan fingerprint density at radius 1 is 1.02 bits per heavy atom. The number of carbonyl (C=O) groups excluding carboxylic acids is 2. The van der Waals surface area contributed by atoms with E-state index in [1.807, 2.05) is 0 Å². The number of fused-ring (bicyclic) bond motifs is 1. The minimum absolute atomic E-state index is 0.0267. The lowest BCUT2D eigenvalue weighted by Crippen LogP contribution is -2.41. The fourth-order valence-corrected chi connectivity index (χ4v) is 6.02. The van der Waals surface area contributed by atoms with E-state index in [4.69, 9.17) is 16.3 Å². The van der Waals surface area contributed by atoms with Crippen LogP contribution in [0.1, 0.15) is 64.2 Å². The van der Waals surface area contributed by atoms with Crippen molar-refractivity contribution < 1.29 is 32.2 Å². The summed E-state index contributed by atoms with van der Waals surface area (Å²) in [6, 6.07) is 15.1. The van der Waals surface area contributed by atoms with Gasteiger partial charge in [-0.05, 0) is 88.8 Å². The second kappa shape index (κ2) is 13.0. The maximum absolute atomic E-state index is 14.9. The third kappa shape index (κ3) is 6.59. The van der Waals surface area contributed by atoms with Gasteiger partial charge >= 0.3 is 12.3 Å². The topological polar surface area (TPSA) is 82.8 Å². The number of hydrogen-bond acceptors (Lipinski definition) is 5. The van der Waals surface area contributed by atoms with Gasteiger partial charge in [0.05, 0.1) is 29.1 Å². The molecule has 0 N–H and O–H groups in total. The molecule has 0 bridgehead atoms. The standard InChI is InChI=1S/C33H28BrClF3N3O5/c1-18(24-10-9-23(16-27(24)36)46-32(37)38)14-29(42)30-28-17-39(31(43)19-2-11-25(34)26(35)15-19)12-13-40(28)33(44)41(30)20-3-5-21(6-4-20)45-22-7-8-22/h2-6,9-11,15-16,18,22,32H,7-8,12-14,17H2,1H3/t18-/m0/s1. The first-order valence-electron chi connectivity index (χ1n) is 14.6. The predicted molar refractivity (Wildman–Crippen MR) is 168 cm³/mol. The van der Waals surface area contributed by atoms with Crippen LogP contribution in [0.2, 0.25) is 5.02 Å². The number of carbonyl (C=O) groups is 2. The molecule has 2 aliphatic rings. The first-order valence-corrected chi connectivity index (χ1v) is 15.8. The quantitative estimate of drug-likeness (QED) is 0.160. The summed E-state index contributed by atoms with van der Waals surface area (Å²) >= 11 is 9.56. The maximum atomic E-state index is 14.9. The van der Waals surface area contributed by atoms with E-state index in [0.29, 0.717) is 32.2 Å². The third-order valence-electron chi connectivity index (χ3n) is 8.04. The molecule has 0 spiro atoms. The Bertz CT molecular complexity index is 1870. The molecule has 1 amide bonds. The van der Waals surface area contributed by atoms with Gasteiger partial charge < -0.3 is 14.4 Å². The van der Waals surface area contributed by atoms with Crippen molar-refractivity contribution in [1.82, 2.24) is 14.0 Å². The molecule has 0 unspecified atom stereocenters. The van der Waals surface area contributed by atoms with Gasteiger partial charge in [0.15, 0.2) is 5.78 Å². The fourth-order valence-electron chi connectivity index (χ4n) is 5.59. The molecule has 1 fully saturated rings. The van der Waals surface area contributed by atoms with Crippen molar-refractivity contribution in [3.8, 4) is 17.2 Å². The van der Waals surface area contributed by atoms with E-state index in [0.717, 1.165) is 18.9 Å². The lowest BCUT2D eigenvalue weighted by molar-refractivity contribution is -0.0500. The Balaban J connectivity index is 1.35. The highest BCUT2D eigenvalue weighted by molar-refractivity contribution is 9.10. The molecule has 46 heavy (non-hydrogen) atoms. The van der Waals surface area contributed by atoms with Crippen LogP contribution in [-0.4, -0.2) is 45.0 Å². The molecule has 1 aliphatic carbocycles. The predicted octanol–water partition coefficient (Wildman–Crippen LogP) is 7.37. The van der Waals surface area contributed by atoms with Gasteiger partial charge in [0.25, 0.3) is 5.91 Å². The SMILES string of the molecule is C[C@@H](CC(=O)c1c2n(c(=O)n1-c1ccc(OC3CC3)cc1)CCN(C(=O)c1ccc(Br)c(Cl)c1)C2)c1ccc(OC(F)F)cc1F. The summed E-state index contributed by atoms with van der Waals surface area (Å²) in [6.45, 7) is -1.13. The number of aromatic nitrogens is 2. The van der Waals surface area contributed by atoms with Crippen molar-refractivity contribution >= 4 is 39.2 Å². The normalized spacial score (nSPS) is 15.1. The van der Waals surface area contributed by atoms with Crippen molar-refractivity contribution in [1.29, 1.82) is 0 Å². The number of rotatable bonds is 10. The van der Waals surface area contributed by atoms with Crippen molar-refractivity contribution in [2.75, 3.05) is 6.54 Å². The van der Waals surface area contributed by atoms with Gasteiger partial charge in [0, 0.05) is 35.6 Å². The van der Waals surface area contributed by atoms with Crippen molar-refractivity contribution in [3.63, 3.8) is 0 Å². The molecule has 4 aromatic rings. The first kappa shape index (κ1) is 31.9. The van der Waals surface area contributed by atoms with Gasteiger partial charge in [-0.1, -0.05) is 24.6 Å². The molecule has 13 heteroatoms. The van der Waals surface area contributed by atoms with E-state index in [9.17, 15) is 27.6 Å². The number of nitrogens with zero attached hydrogens (tertiary/aromatic N) is 3. The zero-order valence-electron chi connectivity index (χ0n) is 24.5. The zero-order valence-corrected chi connectivity index (χ0v) is 26.9. The van der Waals surface area contributed by atoms with Gasteiger partial charge in [0.1, 0.15) is 23.0 Å². The van der Waals surface area contributed by atoms with Gasteiger partial charge in [-0.15, -0.1) is 0 Å². The average molecular weight is 719 g/mol. The second-order valence-electron chi connectivity index (χ2n) is 11.3. The van der Waals surface area contributed by atoms with E-state index in [1.54, 1.807) is 54.3 Å². The molecule has 1 saturated carbocycles. The van der Waals surface area contributed by atoms with Gasteiger partial charge in [-0.2, -0.15) is 8.78 Å². The molecule has 1 aromatic heterocycles. The molecule has 8 nitrogen and oxygen atoms in total. The van der Waals surface area contributed by atoms with Crippen LogP contribution in [0.25, 0.3) is 5.69 Å². The number of amides is 1. The average Bonchev–Trinajstić information content (AvgIpc) is 3.79. The van der Waals surface area contributed by atoms with Crippen molar-refractivity contribution in [3.05, 3.63) is 109 Å². The third-order valence-corrected chi connectivity index (χ3v) is 9.27. The van der Waals surface area contributed by atoms with Gasteiger partial charge in [-0.25, -0.2) is 9.18 Å². The zero-order chi connectivity index (χ0) is 32.7. The van der Waals surface area contributed by atoms with Crippen LogP contribution in [0.3, 0.4) is 0 Å². The van der Waals surface area contributed by atoms with Crippen LogP contribution in [0.4, 0.5) is 13.2 Å². The van der Waals surface area contributed by atoms with Crippen LogP contribution >= 0.6 is 27.5 Å².